The number of likely N-dealkylation sites (tertiary alicyclic amines) is 1. The van der Waals surface area contributed by atoms with Gasteiger partial charge in [-0.05, 0) is 71.7 Å². The van der Waals surface area contributed by atoms with E-state index in [0.29, 0.717) is 12.1 Å². The molecule has 4 nitrogen and oxygen atoms in total. The smallest absolute Gasteiger partial charge is 0.259 e. The Morgan fingerprint density at radius 3 is 2.78 bits per heavy atom. The van der Waals surface area contributed by atoms with Gasteiger partial charge in [-0.3, -0.25) is 14.7 Å². The number of hydrogen-bond donors (Lipinski definition) is 0. The molecule has 1 fully saturated rings. The minimum atomic E-state index is -0.250. The van der Waals surface area contributed by atoms with Crippen molar-refractivity contribution >= 4 is 27.5 Å². The summed E-state index contributed by atoms with van der Waals surface area (Å²) in [6.07, 6.45) is 6.95. The first kappa shape index (κ1) is 18.3. The van der Waals surface area contributed by atoms with E-state index in [4.69, 9.17) is 0 Å². The molecule has 0 unspecified atom stereocenters. The van der Waals surface area contributed by atoms with Crippen LogP contribution in [0.1, 0.15) is 28.8 Å². The number of hydrogen-bond acceptors (Lipinski definition) is 3. The fourth-order valence-electron chi connectivity index (χ4n) is 4.28. The van der Waals surface area contributed by atoms with E-state index in [1.54, 1.807) is 35.5 Å². The number of halogens is 2. The molecule has 1 saturated heterocycles. The van der Waals surface area contributed by atoms with Gasteiger partial charge in [0.25, 0.3) is 5.91 Å². The van der Waals surface area contributed by atoms with Crippen LogP contribution in [-0.4, -0.2) is 42.0 Å². The van der Waals surface area contributed by atoms with Crippen molar-refractivity contribution in [2.24, 2.45) is 0 Å². The predicted octanol–water partition coefficient (Wildman–Crippen LogP) is 4.16. The maximum absolute atomic E-state index is 14.1. The minimum Gasteiger partial charge on any atom is -0.307 e. The van der Waals surface area contributed by atoms with Crippen molar-refractivity contribution < 1.29 is 9.18 Å². The first-order valence-electron chi connectivity index (χ1n) is 9.08. The molecule has 4 rings (SSSR count). The lowest BCUT2D eigenvalue weighted by atomic mass is 9.74. The van der Waals surface area contributed by atoms with Crippen LogP contribution >= 0.6 is 15.9 Å². The summed E-state index contributed by atoms with van der Waals surface area (Å²) in [4.78, 5) is 21.4. The minimum absolute atomic E-state index is 0.0953. The van der Waals surface area contributed by atoms with E-state index < -0.39 is 0 Å². The number of benzene rings is 1. The third kappa shape index (κ3) is 3.32. The quantitative estimate of drug-likeness (QED) is 0.687. The lowest BCUT2D eigenvalue weighted by Crippen LogP contribution is -2.46. The molecule has 2 aromatic rings. The Morgan fingerprint density at radius 2 is 2.07 bits per heavy atom. The summed E-state index contributed by atoms with van der Waals surface area (Å²) in [6.45, 7) is 7.09. The maximum Gasteiger partial charge on any atom is 0.259 e. The van der Waals surface area contributed by atoms with Gasteiger partial charge in [0, 0.05) is 41.1 Å². The van der Waals surface area contributed by atoms with Gasteiger partial charge >= 0.3 is 0 Å². The molecule has 0 bridgehead atoms. The first-order chi connectivity index (χ1) is 13.0. The van der Waals surface area contributed by atoms with Crippen LogP contribution in [-0.2, 0) is 5.41 Å². The van der Waals surface area contributed by atoms with Crippen LogP contribution in [0.3, 0.4) is 0 Å². The number of anilines is 1. The first-order valence-corrected chi connectivity index (χ1v) is 9.87. The van der Waals surface area contributed by atoms with E-state index in [9.17, 15) is 9.18 Å². The van der Waals surface area contributed by atoms with Crippen molar-refractivity contribution in [1.29, 1.82) is 0 Å². The molecule has 140 valence electrons. The van der Waals surface area contributed by atoms with Crippen LogP contribution in [0.4, 0.5) is 10.1 Å². The molecule has 1 aromatic carbocycles. The number of piperidine rings is 1. The zero-order valence-electron chi connectivity index (χ0n) is 15.0. The third-order valence-corrected chi connectivity index (χ3v) is 6.11. The normalized spacial score (nSPS) is 18.5. The van der Waals surface area contributed by atoms with Crippen LogP contribution in [0.2, 0.25) is 0 Å². The highest BCUT2D eigenvalue weighted by Gasteiger charge is 2.46. The fourth-order valence-corrected chi connectivity index (χ4v) is 4.65. The number of pyridine rings is 1. The summed E-state index contributed by atoms with van der Waals surface area (Å²) in [7, 11) is 0. The average Bonchev–Trinajstić information content (AvgIpc) is 2.97. The Kier molecular flexibility index (Phi) is 4.86. The molecular formula is C21H21BrFN3O. The predicted molar refractivity (Wildman–Crippen MR) is 108 cm³/mol. The van der Waals surface area contributed by atoms with E-state index in [0.717, 1.165) is 48.2 Å². The van der Waals surface area contributed by atoms with Crippen molar-refractivity contribution in [3.8, 4) is 0 Å². The van der Waals surface area contributed by atoms with E-state index in [2.05, 4.69) is 32.4 Å². The van der Waals surface area contributed by atoms with Gasteiger partial charge in [-0.25, -0.2) is 4.39 Å². The second kappa shape index (κ2) is 7.17. The molecule has 2 aliphatic heterocycles. The van der Waals surface area contributed by atoms with Gasteiger partial charge in [0.15, 0.2) is 0 Å². The van der Waals surface area contributed by atoms with Gasteiger partial charge in [-0.2, -0.15) is 0 Å². The van der Waals surface area contributed by atoms with Crippen molar-refractivity contribution in [3.63, 3.8) is 0 Å². The van der Waals surface area contributed by atoms with Crippen molar-refractivity contribution in [1.82, 2.24) is 9.88 Å². The summed E-state index contributed by atoms with van der Waals surface area (Å²) < 4.78 is 14.8. The van der Waals surface area contributed by atoms with Gasteiger partial charge in [-0.15, -0.1) is 6.58 Å². The number of nitrogens with zero attached hydrogens (tertiary/aromatic N) is 3. The Morgan fingerprint density at radius 1 is 1.30 bits per heavy atom. The van der Waals surface area contributed by atoms with Gasteiger partial charge in [0.05, 0.1) is 5.56 Å². The van der Waals surface area contributed by atoms with Crippen LogP contribution in [0.15, 0.2) is 53.8 Å². The van der Waals surface area contributed by atoms with Gasteiger partial charge < -0.3 is 4.90 Å². The number of amides is 1. The highest BCUT2D eigenvalue weighted by Crippen LogP contribution is 2.47. The molecular weight excluding hydrogens is 409 g/mol. The second-order valence-electron chi connectivity index (χ2n) is 7.31. The zero-order valence-corrected chi connectivity index (χ0v) is 16.6. The van der Waals surface area contributed by atoms with Crippen LogP contribution in [0, 0.1) is 5.82 Å². The Labute approximate surface area is 166 Å². The lowest BCUT2D eigenvalue weighted by Gasteiger charge is -2.39. The van der Waals surface area contributed by atoms with Gasteiger partial charge in [0.1, 0.15) is 5.82 Å². The molecule has 1 amide bonds. The zero-order chi connectivity index (χ0) is 19.0. The summed E-state index contributed by atoms with van der Waals surface area (Å²) in [5.74, 6) is -0.345. The molecule has 0 saturated carbocycles. The van der Waals surface area contributed by atoms with E-state index in [1.165, 1.54) is 6.07 Å². The van der Waals surface area contributed by atoms with Crippen LogP contribution in [0.5, 0.6) is 0 Å². The second-order valence-corrected chi connectivity index (χ2v) is 8.23. The number of fused-ring (bicyclic) bond motifs is 2. The van der Waals surface area contributed by atoms with Gasteiger partial charge in [0.2, 0.25) is 0 Å². The van der Waals surface area contributed by atoms with Crippen molar-refractivity contribution in [3.05, 3.63) is 70.7 Å². The van der Waals surface area contributed by atoms with Gasteiger partial charge in [-0.1, -0.05) is 6.08 Å². The fraction of sp³-hybridized carbons (Fsp3) is 0.333. The highest BCUT2D eigenvalue weighted by molar-refractivity contribution is 9.10. The number of carbonyl (C=O) groups excluding carboxylic acids is 1. The summed E-state index contributed by atoms with van der Waals surface area (Å²) in [6, 6.07) is 6.56. The monoisotopic (exact) mass is 429 g/mol. The Hall–Kier alpha value is -2.05. The standard InChI is InChI=1S/C21H21BrFN3O/c1-2-7-25-8-5-21(6-9-25)14-26(19-4-3-17(23)11-18(19)21)20(27)15-10-16(22)13-24-12-15/h2-4,10-13H,1,5-9,14H2. The summed E-state index contributed by atoms with van der Waals surface area (Å²) in [5.41, 5.74) is 2.11. The number of aromatic nitrogens is 1. The van der Waals surface area contributed by atoms with Crippen molar-refractivity contribution in [2.45, 2.75) is 18.3 Å². The average molecular weight is 430 g/mol. The molecule has 27 heavy (non-hydrogen) atoms. The third-order valence-electron chi connectivity index (χ3n) is 5.68. The molecule has 6 heteroatoms. The van der Waals surface area contributed by atoms with E-state index in [-0.39, 0.29) is 17.1 Å². The number of carbonyl (C=O) groups is 1. The van der Waals surface area contributed by atoms with E-state index >= 15 is 0 Å². The van der Waals surface area contributed by atoms with Crippen LogP contribution < -0.4 is 4.90 Å². The molecule has 2 aliphatic rings. The molecule has 0 atom stereocenters. The SMILES string of the molecule is C=CCN1CCC2(CC1)CN(C(=O)c1cncc(Br)c1)c1ccc(F)cc12. The molecule has 0 radical (unpaired) electrons. The maximum atomic E-state index is 14.1. The Bertz CT molecular complexity index is 893. The summed E-state index contributed by atoms with van der Waals surface area (Å²) >= 11 is 3.38. The number of rotatable bonds is 3. The molecule has 3 heterocycles. The molecule has 1 aromatic heterocycles. The largest absolute Gasteiger partial charge is 0.307 e. The van der Waals surface area contributed by atoms with Crippen LogP contribution in [0.25, 0.3) is 0 Å². The Balaban J connectivity index is 1.68. The summed E-state index contributed by atoms with van der Waals surface area (Å²) in [5, 5.41) is 0. The van der Waals surface area contributed by atoms with E-state index in [1.807, 2.05) is 6.08 Å². The molecule has 0 aliphatic carbocycles. The topological polar surface area (TPSA) is 36.4 Å². The highest BCUT2D eigenvalue weighted by atomic mass is 79.9. The molecule has 0 N–H and O–H groups in total. The lowest BCUT2D eigenvalue weighted by molar-refractivity contribution is 0.0977. The van der Waals surface area contributed by atoms with Crippen molar-refractivity contribution in [2.75, 3.05) is 31.1 Å². The molecule has 1 spiro atoms.